The molecule has 15 heavy (non-hydrogen) atoms. The Kier molecular flexibility index (Phi) is 4.12. The maximum absolute atomic E-state index is 10.4. The van der Waals surface area contributed by atoms with Gasteiger partial charge in [-0.3, -0.25) is 4.79 Å². The van der Waals surface area contributed by atoms with E-state index in [1.54, 1.807) is 31.2 Å². The number of benzene rings is 1. The molecule has 0 bridgehead atoms. The van der Waals surface area contributed by atoms with Gasteiger partial charge in [-0.25, -0.2) is 0 Å². The lowest BCUT2D eigenvalue weighted by atomic mass is 10.2. The summed E-state index contributed by atoms with van der Waals surface area (Å²) >= 11 is 0. The third-order valence-corrected chi connectivity index (χ3v) is 1.88. The fraction of sp³-hybridized carbons (Fsp3) is 0.364. The van der Waals surface area contributed by atoms with Gasteiger partial charge < -0.3 is 14.9 Å². The molecule has 0 radical (unpaired) electrons. The summed E-state index contributed by atoms with van der Waals surface area (Å²) in [4.78, 5) is 10.4. The second-order valence-corrected chi connectivity index (χ2v) is 3.33. The Hall–Kier alpha value is -1.55. The molecular formula is C11H14O4. The highest BCUT2D eigenvalue weighted by Crippen LogP contribution is 2.15. The number of carboxylic acid groups (broad SMARTS) is 1. The van der Waals surface area contributed by atoms with Crippen molar-refractivity contribution in [3.63, 3.8) is 0 Å². The Morgan fingerprint density at radius 3 is 2.87 bits per heavy atom. The first-order valence-electron chi connectivity index (χ1n) is 4.70. The van der Waals surface area contributed by atoms with Crippen molar-refractivity contribution < 1.29 is 19.7 Å². The minimum absolute atomic E-state index is 0.0383. The van der Waals surface area contributed by atoms with Gasteiger partial charge in [0.2, 0.25) is 0 Å². The van der Waals surface area contributed by atoms with Crippen molar-refractivity contribution in [2.75, 3.05) is 0 Å². The van der Waals surface area contributed by atoms with Crippen LogP contribution in [0.5, 0.6) is 5.75 Å². The SMILES string of the molecule is CC(CC(=O)O)Oc1cccc(CO)c1. The predicted molar refractivity (Wildman–Crippen MR) is 54.7 cm³/mol. The summed E-state index contributed by atoms with van der Waals surface area (Å²) in [5.41, 5.74) is 0.745. The van der Waals surface area contributed by atoms with E-state index in [0.717, 1.165) is 5.56 Å². The Balaban J connectivity index is 2.59. The van der Waals surface area contributed by atoms with E-state index in [0.29, 0.717) is 5.75 Å². The lowest BCUT2D eigenvalue weighted by Gasteiger charge is -2.12. The normalized spacial score (nSPS) is 12.1. The van der Waals surface area contributed by atoms with Crippen molar-refractivity contribution in [2.45, 2.75) is 26.1 Å². The third kappa shape index (κ3) is 3.99. The van der Waals surface area contributed by atoms with Crippen LogP contribution in [-0.4, -0.2) is 22.3 Å². The van der Waals surface area contributed by atoms with Crippen molar-refractivity contribution in [1.82, 2.24) is 0 Å². The fourth-order valence-corrected chi connectivity index (χ4v) is 1.24. The standard InChI is InChI=1S/C11H14O4/c1-8(5-11(13)14)15-10-4-2-3-9(6-10)7-12/h2-4,6,8,12H,5,7H2,1H3,(H,13,14). The Morgan fingerprint density at radius 1 is 1.53 bits per heavy atom. The average molecular weight is 210 g/mol. The minimum atomic E-state index is -0.888. The molecule has 0 spiro atoms. The van der Waals surface area contributed by atoms with Crippen LogP contribution < -0.4 is 4.74 Å². The highest BCUT2D eigenvalue weighted by atomic mass is 16.5. The number of aliphatic hydroxyl groups excluding tert-OH is 1. The molecule has 0 fully saturated rings. The summed E-state index contributed by atoms with van der Waals surface area (Å²) < 4.78 is 5.38. The van der Waals surface area contributed by atoms with Crippen LogP contribution in [0.3, 0.4) is 0 Å². The van der Waals surface area contributed by atoms with Gasteiger partial charge in [0.25, 0.3) is 0 Å². The van der Waals surface area contributed by atoms with E-state index in [9.17, 15) is 4.79 Å². The number of hydrogen-bond acceptors (Lipinski definition) is 3. The van der Waals surface area contributed by atoms with E-state index in [1.807, 2.05) is 0 Å². The Bertz CT molecular complexity index is 335. The van der Waals surface area contributed by atoms with Crippen LogP contribution in [0.15, 0.2) is 24.3 Å². The first-order valence-corrected chi connectivity index (χ1v) is 4.70. The quantitative estimate of drug-likeness (QED) is 0.771. The molecule has 82 valence electrons. The van der Waals surface area contributed by atoms with Crippen LogP contribution >= 0.6 is 0 Å². The highest BCUT2D eigenvalue weighted by Gasteiger charge is 2.08. The Morgan fingerprint density at radius 2 is 2.27 bits per heavy atom. The molecular weight excluding hydrogens is 196 g/mol. The summed E-state index contributed by atoms with van der Waals surface area (Å²) in [6, 6.07) is 6.96. The molecule has 1 aromatic rings. The van der Waals surface area contributed by atoms with Gasteiger partial charge in [-0.1, -0.05) is 12.1 Å². The van der Waals surface area contributed by atoms with Crippen molar-refractivity contribution in [3.8, 4) is 5.75 Å². The fourth-order valence-electron chi connectivity index (χ4n) is 1.24. The molecule has 4 nitrogen and oxygen atoms in total. The van der Waals surface area contributed by atoms with Crippen LogP contribution in [0.4, 0.5) is 0 Å². The number of hydrogen-bond donors (Lipinski definition) is 2. The first-order chi connectivity index (χ1) is 7.11. The van der Waals surface area contributed by atoms with Crippen molar-refractivity contribution >= 4 is 5.97 Å². The van der Waals surface area contributed by atoms with Crippen LogP contribution in [0.25, 0.3) is 0 Å². The maximum Gasteiger partial charge on any atom is 0.307 e. The molecule has 4 heteroatoms. The molecule has 0 aliphatic rings. The summed E-state index contributed by atoms with van der Waals surface area (Å²) in [5, 5.41) is 17.4. The van der Waals surface area contributed by atoms with Gasteiger partial charge in [0, 0.05) is 0 Å². The topological polar surface area (TPSA) is 66.8 Å². The number of carboxylic acids is 1. The smallest absolute Gasteiger partial charge is 0.307 e. The number of ether oxygens (including phenoxy) is 1. The predicted octanol–water partition coefficient (Wildman–Crippen LogP) is 1.42. The van der Waals surface area contributed by atoms with Crippen LogP contribution in [0.2, 0.25) is 0 Å². The van der Waals surface area contributed by atoms with Crippen molar-refractivity contribution in [3.05, 3.63) is 29.8 Å². The molecule has 0 amide bonds. The maximum atomic E-state index is 10.4. The number of aliphatic hydroxyl groups is 1. The number of carbonyl (C=O) groups is 1. The van der Waals surface area contributed by atoms with Gasteiger partial charge in [0.1, 0.15) is 11.9 Å². The van der Waals surface area contributed by atoms with Crippen molar-refractivity contribution in [1.29, 1.82) is 0 Å². The summed E-state index contributed by atoms with van der Waals surface area (Å²) in [5.74, 6) is -0.309. The first kappa shape index (κ1) is 11.5. The van der Waals surface area contributed by atoms with Gasteiger partial charge >= 0.3 is 5.97 Å². The molecule has 1 aromatic carbocycles. The molecule has 0 aromatic heterocycles. The molecule has 2 N–H and O–H groups in total. The third-order valence-electron chi connectivity index (χ3n) is 1.88. The van der Waals surface area contributed by atoms with E-state index in [4.69, 9.17) is 14.9 Å². The molecule has 0 aliphatic heterocycles. The zero-order valence-corrected chi connectivity index (χ0v) is 8.51. The highest BCUT2D eigenvalue weighted by molar-refractivity contribution is 5.67. The van der Waals surface area contributed by atoms with Gasteiger partial charge in [0.15, 0.2) is 0 Å². The molecule has 0 saturated heterocycles. The van der Waals surface area contributed by atoms with Gasteiger partial charge in [-0.2, -0.15) is 0 Å². The molecule has 1 unspecified atom stereocenters. The van der Waals surface area contributed by atoms with Crippen LogP contribution in [-0.2, 0) is 11.4 Å². The molecule has 1 rings (SSSR count). The van der Waals surface area contributed by atoms with Gasteiger partial charge in [-0.15, -0.1) is 0 Å². The summed E-state index contributed by atoms with van der Waals surface area (Å²) in [7, 11) is 0. The summed E-state index contributed by atoms with van der Waals surface area (Å²) in [6.45, 7) is 1.64. The second kappa shape index (κ2) is 5.36. The van der Waals surface area contributed by atoms with E-state index in [-0.39, 0.29) is 19.1 Å². The van der Waals surface area contributed by atoms with Gasteiger partial charge in [-0.05, 0) is 24.6 Å². The van der Waals surface area contributed by atoms with E-state index in [1.165, 1.54) is 0 Å². The van der Waals surface area contributed by atoms with Crippen LogP contribution in [0, 0.1) is 0 Å². The average Bonchev–Trinajstić information content (AvgIpc) is 2.16. The molecule has 0 aliphatic carbocycles. The largest absolute Gasteiger partial charge is 0.490 e. The van der Waals surface area contributed by atoms with Crippen LogP contribution in [0.1, 0.15) is 18.9 Å². The van der Waals surface area contributed by atoms with Gasteiger partial charge in [0.05, 0.1) is 13.0 Å². The zero-order chi connectivity index (χ0) is 11.3. The van der Waals surface area contributed by atoms with E-state index < -0.39 is 5.97 Å². The molecule has 0 heterocycles. The van der Waals surface area contributed by atoms with E-state index >= 15 is 0 Å². The molecule has 0 saturated carbocycles. The molecule has 1 atom stereocenters. The number of aliphatic carboxylic acids is 1. The van der Waals surface area contributed by atoms with E-state index in [2.05, 4.69) is 0 Å². The monoisotopic (exact) mass is 210 g/mol. The lowest BCUT2D eigenvalue weighted by molar-refractivity contribution is -0.138. The van der Waals surface area contributed by atoms with Crippen molar-refractivity contribution in [2.24, 2.45) is 0 Å². The zero-order valence-electron chi connectivity index (χ0n) is 8.51. The number of rotatable bonds is 5. The lowest BCUT2D eigenvalue weighted by Crippen LogP contribution is -2.16. The second-order valence-electron chi connectivity index (χ2n) is 3.33. The summed E-state index contributed by atoms with van der Waals surface area (Å²) in [6.07, 6.45) is -0.417. The Labute approximate surface area is 88.1 Å². The minimum Gasteiger partial charge on any atom is -0.490 e.